The van der Waals surface area contributed by atoms with E-state index >= 15 is 0 Å². The number of hydrogen-bond acceptors (Lipinski definition) is 3. The average Bonchev–Trinajstić information content (AvgIpc) is 2.76. The van der Waals surface area contributed by atoms with Crippen LogP contribution in [0.1, 0.15) is 77.0 Å². The molecule has 0 bridgehead atoms. The van der Waals surface area contributed by atoms with Crippen molar-refractivity contribution < 1.29 is 9.90 Å². The van der Waals surface area contributed by atoms with E-state index < -0.39 is 12.1 Å². The second kappa shape index (κ2) is 10.5. The molecule has 5 heteroatoms. The van der Waals surface area contributed by atoms with Crippen LogP contribution in [0.2, 0.25) is 0 Å². The van der Waals surface area contributed by atoms with E-state index in [2.05, 4.69) is 5.32 Å². The summed E-state index contributed by atoms with van der Waals surface area (Å²) in [6.07, 6.45) is 12.9. The normalized spacial score (nSPS) is 23.9. The van der Waals surface area contributed by atoms with Crippen LogP contribution in [0.25, 0.3) is 0 Å². The maximum Gasteiger partial charge on any atom is 0.250 e. The number of carbonyl (C=O) groups is 1. The van der Waals surface area contributed by atoms with E-state index in [0.717, 1.165) is 19.3 Å². The van der Waals surface area contributed by atoms with E-state index in [9.17, 15) is 9.90 Å². The minimum atomic E-state index is -1.05. The Morgan fingerprint density at radius 2 is 1.50 bits per heavy atom. The van der Waals surface area contributed by atoms with Gasteiger partial charge in [0.05, 0.1) is 0 Å². The number of hydrogen-bond donors (Lipinski definition) is 3. The van der Waals surface area contributed by atoms with Gasteiger partial charge in [0.25, 0.3) is 5.91 Å². The van der Waals surface area contributed by atoms with Crippen LogP contribution < -0.4 is 11.1 Å². The number of aliphatic hydroxyl groups is 1. The van der Waals surface area contributed by atoms with Crippen molar-refractivity contribution in [3.05, 3.63) is 0 Å². The molecule has 1 amide bonds. The Morgan fingerprint density at radius 1 is 1.00 bits per heavy atom. The number of aliphatic hydroxyl groups excluding tert-OH is 1. The summed E-state index contributed by atoms with van der Waals surface area (Å²) in [5.74, 6) is 0.333. The molecular formula is C17H33ClN2O2. The topological polar surface area (TPSA) is 75.3 Å². The summed E-state index contributed by atoms with van der Waals surface area (Å²) >= 11 is 0. The molecule has 0 aliphatic heterocycles. The van der Waals surface area contributed by atoms with Gasteiger partial charge < -0.3 is 16.2 Å². The van der Waals surface area contributed by atoms with E-state index in [1.165, 1.54) is 57.8 Å². The zero-order valence-electron chi connectivity index (χ0n) is 13.6. The Kier molecular flexibility index (Phi) is 9.37. The Labute approximate surface area is 141 Å². The molecule has 2 aliphatic rings. The summed E-state index contributed by atoms with van der Waals surface area (Å²) < 4.78 is 0. The molecule has 22 heavy (non-hydrogen) atoms. The van der Waals surface area contributed by atoms with Crippen molar-refractivity contribution in [3.8, 4) is 0 Å². The first-order chi connectivity index (χ1) is 10.2. The fourth-order valence-corrected chi connectivity index (χ4v) is 3.84. The highest BCUT2D eigenvalue weighted by atomic mass is 35.5. The summed E-state index contributed by atoms with van der Waals surface area (Å²) in [6.45, 7) is 0. The van der Waals surface area contributed by atoms with Crippen molar-refractivity contribution in [2.75, 3.05) is 0 Å². The zero-order valence-corrected chi connectivity index (χ0v) is 14.5. The molecule has 0 saturated heterocycles. The summed E-state index contributed by atoms with van der Waals surface area (Å²) in [5.41, 5.74) is 6.07. The van der Waals surface area contributed by atoms with E-state index in [1.54, 1.807) is 0 Å². The summed E-state index contributed by atoms with van der Waals surface area (Å²) in [7, 11) is 0. The molecule has 0 heterocycles. The number of rotatable bonds is 5. The third kappa shape index (κ3) is 6.43. The molecule has 1 unspecified atom stereocenters. The monoisotopic (exact) mass is 332 g/mol. The molecule has 4 nitrogen and oxygen atoms in total. The first-order valence-corrected chi connectivity index (χ1v) is 8.91. The molecule has 130 valence electrons. The second-order valence-corrected chi connectivity index (χ2v) is 7.05. The molecule has 2 saturated carbocycles. The Morgan fingerprint density at radius 3 is 2.09 bits per heavy atom. The van der Waals surface area contributed by atoms with Gasteiger partial charge in [0.1, 0.15) is 6.10 Å². The second-order valence-electron chi connectivity index (χ2n) is 7.05. The molecule has 0 aromatic carbocycles. The zero-order chi connectivity index (χ0) is 15.1. The van der Waals surface area contributed by atoms with Crippen LogP contribution in [0.4, 0.5) is 0 Å². The first kappa shape index (κ1) is 19.7. The largest absolute Gasteiger partial charge is 0.382 e. The van der Waals surface area contributed by atoms with Gasteiger partial charge in [-0.05, 0) is 25.2 Å². The number of nitrogens with one attached hydrogen (secondary N) is 1. The van der Waals surface area contributed by atoms with E-state index in [0.29, 0.717) is 5.92 Å². The minimum Gasteiger partial charge on any atom is -0.382 e. The van der Waals surface area contributed by atoms with E-state index in [4.69, 9.17) is 5.73 Å². The van der Waals surface area contributed by atoms with Crippen LogP contribution in [0.15, 0.2) is 0 Å². The van der Waals surface area contributed by atoms with Crippen molar-refractivity contribution in [2.45, 2.75) is 95.2 Å². The molecule has 2 rings (SSSR count). The predicted octanol–water partition coefficient (Wildman–Crippen LogP) is 2.91. The lowest BCUT2D eigenvalue weighted by Crippen LogP contribution is -2.49. The molecular weight excluding hydrogens is 300 g/mol. The number of halogens is 1. The average molecular weight is 333 g/mol. The lowest BCUT2D eigenvalue weighted by Gasteiger charge is -2.27. The number of carbonyl (C=O) groups excluding carboxylic acids is 1. The standard InChI is InChI=1S/C17H32N2O2.ClH/c18-15(12-13-8-4-3-5-9-13)16(20)17(21)19-14-10-6-1-2-7-11-14;/h13-16,20H,1-12,18H2,(H,19,21);1H/t15-,16?;/m1./s1. The number of amides is 1. The highest BCUT2D eigenvalue weighted by Crippen LogP contribution is 2.27. The third-order valence-electron chi connectivity index (χ3n) is 5.21. The van der Waals surface area contributed by atoms with Crippen LogP contribution in [0, 0.1) is 5.92 Å². The summed E-state index contributed by atoms with van der Waals surface area (Å²) in [4.78, 5) is 12.2. The van der Waals surface area contributed by atoms with Crippen LogP contribution in [0.5, 0.6) is 0 Å². The molecule has 0 aromatic rings. The van der Waals surface area contributed by atoms with Gasteiger partial charge in [0.2, 0.25) is 0 Å². The molecule has 2 atom stereocenters. The maximum atomic E-state index is 12.2. The smallest absolute Gasteiger partial charge is 0.250 e. The lowest BCUT2D eigenvalue weighted by molar-refractivity contribution is -0.131. The fraction of sp³-hybridized carbons (Fsp3) is 0.941. The van der Waals surface area contributed by atoms with Crippen LogP contribution >= 0.6 is 12.4 Å². The van der Waals surface area contributed by atoms with Crippen LogP contribution in [0.3, 0.4) is 0 Å². The van der Waals surface area contributed by atoms with Crippen LogP contribution in [-0.4, -0.2) is 29.2 Å². The summed E-state index contributed by atoms with van der Waals surface area (Å²) in [5, 5.41) is 13.2. The van der Waals surface area contributed by atoms with Crippen molar-refractivity contribution in [1.82, 2.24) is 5.32 Å². The van der Waals surface area contributed by atoms with Gasteiger partial charge in [-0.25, -0.2) is 0 Å². The Hall–Kier alpha value is -0.320. The van der Waals surface area contributed by atoms with E-state index in [1.807, 2.05) is 0 Å². The van der Waals surface area contributed by atoms with Gasteiger partial charge in [0.15, 0.2) is 0 Å². The SMILES string of the molecule is Cl.N[C@H](CC1CCCCC1)C(O)C(=O)NC1CCCCCC1. The van der Waals surface area contributed by atoms with Gasteiger partial charge >= 0.3 is 0 Å². The lowest BCUT2D eigenvalue weighted by atomic mass is 9.84. The van der Waals surface area contributed by atoms with E-state index in [-0.39, 0.29) is 24.4 Å². The van der Waals surface area contributed by atoms with Gasteiger partial charge in [-0.3, -0.25) is 4.79 Å². The van der Waals surface area contributed by atoms with Gasteiger partial charge in [0, 0.05) is 12.1 Å². The van der Waals surface area contributed by atoms with Crippen molar-refractivity contribution >= 4 is 18.3 Å². The van der Waals surface area contributed by atoms with Crippen molar-refractivity contribution in [3.63, 3.8) is 0 Å². The van der Waals surface area contributed by atoms with Crippen LogP contribution in [-0.2, 0) is 4.79 Å². The fourth-order valence-electron chi connectivity index (χ4n) is 3.84. The molecule has 0 aromatic heterocycles. The van der Waals surface area contributed by atoms with Crippen molar-refractivity contribution in [2.24, 2.45) is 11.7 Å². The third-order valence-corrected chi connectivity index (χ3v) is 5.21. The molecule has 0 spiro atoms. The molecule has 4 N–H and O–H groups in total. The summed E-state index contributed by atoms with van der Waals surface area (Å²) in [6, 6.07) is -0.185. The predicted molar refractivity (Wildman–Crippen MR) is 92.1 cm³/mol. The Bertz CT molecular complexity index is 314. The first-order valence-electron chi connectivity index (χ1n) is 8.91. The van der Waals surface area contributed by atoms with Gasteiger partial charge in [-0.2, -0.15) is 0 Å². The van der Waals surface area contributed by atoms with Gasteiger partial charge in [-0.15, -0.1) is 12.4 Å². The number of nitrogens with two attached hydrogens (primary N) is 1. The Balaban J connectivity index is 0.00000242. The minimum absolute atomic E-state index is 0. The molecule has 2 fully saturated rings. The molecule has 0 radical (unpaired) electrons. The maximum absolute atomic E-state index is 12.2. The van der Waals surface area contributed by atoms with Crippen molar-refractivity contribution in [1.29, 1.82) is 0 Å². The quantitative estimate of drug-likeness (QED) is 0.677. The molecule has 2 aliphatic carbocycles. The highest BCUT2D eigenvalue weighted by molar-refractivity contribution is 5.85. The van der Waals surface area contributed by atoms with Gasteiger partial charge in [-0.1, -0.05) is 57.8 Å². The highest BCUT2D eigenvalue weighted by Gasteiger charge is 2.28.